The Kier molecular flexibility index (Phi) is 9.91. The largest absolute Gasteiger partial charge is 0.498 e. The lowest BCUT2D eigenvalue weighted by Crippen LogP contribution is -2.53. The molecule has 0 aliphatic carbocycles. The molecular weight excluding hydrogens is 499 g/mol. The number of rotatable bonds is 9. The van der Waals surface area contributed by atoms with Crippen LogP contribution < -0.4 is 15.5 Å². The summed E-state index contributed by atoms with van der Waals surface area (Å²) in [7, 11) is -0.495. The van der Waals surface area contributed by atoms with E-state index in [1.165, 1.54) is 0 Å². The minimum Gasteiger partial charge on any atom is -0.463 e. The number of aromatic nitrogens is 2. The molecule has 10 nitrogen and oxygen atoms in total. The first kappa shape index (κ1) is 31.1. The number of nitrogens with one attached hydrogen (secondary N) is 1. The van der Waals surface area contributed by atoms with Gasteiger partial charge in [0.05, 0.1) is 17.8 Å². The standard InChI is InChI=1S/C28H47BN4O6/c1-19(2)22(32-25(35)37-26(3,4)5)23(34)33-14-12-20(13-15-33)11-10-16-36-24-30-17-21(18-31-24)29-38-27(6,7)28(8,9)39-29/h17-20,22H,10-16H2,1-9H3,(H,32,35)/t22-/m0/s1. The number of carbonyl (C=O) groups is 2. The van der Waals surface area contributed by atoms with Gasteiger partial charge < -0.3 is 29.0 Å². The maximum absolute atomic E-state index is 13.1. The molecule has 1 aromatic rings. The third-order valence-corrected chi connectivity index (χ3v) is 7.69. The molecule has 0 aromatic carbocycles. The van der Waals surface area contributed by atoms with Crippen molar-refractivity contribution in [3.8, 4) is 6.01 Å². The molecule has 0 saturated carbocycles. The van der Waals surface area contributed by atoms with Crippen LogP contribution in [0.25, 0.3) is 0 Å². The van der Waals surface area contributed by atoms with E-state index in [1.54, 1.807) is 33.2 Å². The third-order valence-electron chi connectivity index (χ3n) is 7.69. The second-order valence-corrected chi connectivity index (χ2v) is 13.0. The van der Waals surface area contributed by atoms with Gasteiger partial charge in [-0.1, -0.05) is 13.8 Å². The lowest BCUT2D eigenvalue weighted by atomic mass is 9.81. The van der Waals surface area contributed by atoms with Crippen LogP contribution in [0.5, 0.6) is 6.01 Å². The SMILES string of the molecule is CC(C)[C@H](NC(=O)OC(C)(C)C)C(=O)N1CCC(CCCOc2ncc(B3OC(C)(C)C(C)(C)O3)cn2)CC1. The molecule has 2 saturated heterocycles. The number of ether oxygens (including phenoxy) is 2. The summed E-state index contributed by atoms with van der Waals surface area (Å²) in [6.45, 7) is 19.2. The molecule has 218 valence electrons. The average molecular weight is 547 g/mol. The number of alkyl carbamates (subject to hydrolysis) is 1. The fourth-order valence-corrected chi connectivity index (χ4v) is 4.62. The zero-order chi connectivity index (χ0) is 29.0. The highest BCUT2D eigenvalue weighted by molar-refractivity contribution is 6.61. The minimum absolute atomic E-state index is 0.0342. The molecule has 2 aliphatic rings. The predicted molar refractivity (Wildman–Crippen MR) is 150 cm³/mol. The molecule has 2 amide bonds. The van der Waals surface area contributed by atoms with Gasteiger partial charge in [0, 0.05) is 30.9 Å². The van der Waals surface area contributed by atoms with Crippen LogP contribution in [-0.4, -0.2) is 76.5 Å². The predicted octanol–water partition coefficient (Wildman–Crippen LogP) is 3.72. The molecule has 11 heteroatoms. The van der Waals surface area contributed by atoms with E-state index < -0.39 is 36.1 Å². The van der Waals surface area contributed by atoms with E-state index in [9.17, 15) is 9.59 Å². The van der Waals surface area contributed by atoms with Crippen molar-refractivity contribution in [3.63, 3.8) is 0 Å². The molecule has 2 fully saturated rings. The Morgan fingerprint density at radius 1 is 1.10 bits per heavy atom. The Balaban J connectivity index is 1.37. The number of piperidine rings is 1. The van der Waals surface area contributed by atoms with Crippen molar-refractivity contribution in [2.24, 2.45) is 11.8 Å². The quantitative estimate of drug-likeness (QED) is 0.369. The normalized spacial score (nSPS) is 20.2. The Morgan fingerprint density at radius 3 is 2.18 bits per heavy atom. The fourth-order valence-electron chi connectivity index (χ4n) is 4.62. The first-order valence-electron chi connectivity index (χ1n) is 14.2. The van der Waals surface area contributed by atoms with Gasteiger partial charge in [-0.2, -0.15) is 0 Å². The van der Waals surface area contributed by atoms with Gasteiger partial charge in [0.1, 0.15) is 11.6 Å². The van der Waals surface area contributed by atoms with Gasteiger partial charge in [-0.15, -0.1) is 0 Å². The lowest BCUT2D eigenvalue weighted by Gasteiger charge is -2.35. The van der Waals surface area contributed by atoms with Crippen LogP contribution in [-0.2, 0) is 18.8 Å². The Labute approximate surface area is 234 Å². The maximum Gasteiger partial charge on any atom is 0.498 e. The second-order valence-electron chi connectivity index (χ2n) is 13.0. The molecule has 1 aromatic heterocycles. The van der Waals surface area contributed by atoms with Crippen molar-refractivity contribution in [2.45, 2.75) is 111 Å². The summed E-state index contributed by atoms with van der Waals surface area (Å²) in [5, 5.41) is 2.77. The number of carbonyl (C=O) groups excluding carboxylic acids is 2. The Morgan fingerprint density at radius 2 is 1.67 bits per heavy atom. The van der Waals surface area contributed by atoms with Crippen LogP contribution in [0.1, 0.15) is 88.0 Å². The average Bonchev–Trinajstić information content (AvgIpc) is 3.06. The third kappa shape index (κ3) is 8.54. The van der Waals surface area contributed by atoms with E-state index >= 15 is 0 Å². The first-order chi connectivity index (χ1) is 18.1. The van der Waals surface area contributed by atoms with E-state index in [-0.39, 0.29) is 11.8 Å². The van der Waals surface area contributed by atoms with Crippen LogP contribution in [0.2, 0.25) is 0 Å². The Bertz CT molecular complexity index is 955. The molecule has 0 unspecified atom stereocenters. The first-order valence-corrected chi connectivity index (χ1v) is 14.2. The van der Waals surface area contributed by atoms with E-state index in [0.29, 0.717) is 31.6 Å². The van der Waals surface area contributed by atoms with Gasteiger partial charge in [-0.25, -0.2) is 14.8 Å². The molecule has 3 rings (SSSR count). The molecular formula is C28H47BN4O6. The molecule has 1 N–H and O–H groups in total. The van der Waals surface area contributed by atoms with Crippen LogP contribution in [0.15, 0.2) is 12.4 Å². The highest BCUT2D eigenvalue weighted by atomic mass is 16.7. The number of nitrogens with zero attached hydrogens (tertiary/aromatic N) is 3. The number of hydrogen-bond acceptors (Lipinski definition) is 8. The van der Waals surface area contributed by atoms with E-state index in [2.05, 4.69) is 15.3 Å². The van der Waals surface area contributed by atoms with Gasteiger partial charge in [0.2, 0.25) is 5.91 Å². The summed E-state index contributed by atoms with van der Waals surface area (Å²) in [5.74, 6) is 0.451. The Hall–Kier alpha value is -2.40. The van der Waals surface area contributed by atoms with Crippen molar-refractivity contribution in [3.05, 3.63) is 12.4 Å². The summed E-state index contributed by atoms with van der Waals surface area (Å²) >= 11 is 0. The summed E-state index contributed by atoms with van der Waals surface area (Å²) in [4.78, 5) is 35.9. The van der Waals surface area contributed by atoms with Gasteiger partial charge in [0.15, 0.2) is 0 Å². The van der Waals surface area contributed by atoms with Crippen LogP contribution in [0, 0.1) is 11.8 Å². The van der Waals surface area contributed by atoms with Gasteiger partial charge in [0.25, 0.3) is 0 Å². The topological polar surface area (TPSA) is 112 Å². The number of hydrogen-bond donors (Lipinski definition) is 1. The van der Waals surface area contributed by atoms with Crippen molar-refractivity contribution in [2.75, 3.05) is 19.7 Å². The smallest absolute Gasteiger partial charge is 0.463 e. The molecule has 39 heavy (non-hydrogen) atoms. The molecule has 0 bridgehead atoms. The van der Waals surface area contributed by atoms with Crippen LogP contribution in [0.3, 0.4) is 0 Å². The van der Waals surface area contributed by atoms with E-state index in [1.807, 2.05) is 46.4 Å². The molecule has 2 aliphatic heterocycles. The van der Waals surface area contributed by atoms with Crippen molar-refractivity contribution in [1.29, 1.82) is 0 Å². The van der Waals surface area contributed by atoms with Crippen LogP contribution >= 0.6 is 0 Å². The number of likely N-dealkylation sites (tertiary alicyclic amines) is 1. The summed E-state index contributed by atoms with van der Waals surface area (Å²) < 4.78 is 23.2. The van der Waals surface area contributed by atoms with Gasteiger partial charge >= 0.3 is 19.2 Å². The van der Waals surface area contributed by atoms with Gasteiger partial charge in [-0.05, 0) is 86.0 Å². The zero-order valence-electron chi connectivity index (χ0n) is 25.2. The maximum atomic E-state index is 13.1. The highest BCUT2D eigenvalue weighted by Gasteiger charge is 2.52. The minimum atomic E-state index is -0.611. The van der Waals surface area contributed by atoms with Crippen molar-refractivity contribution in [1.82, 2.24) is 20.2 Å². The van der Waals surface area contributed by atoms with Crippen molar-refractivity contribution >= 4 is 24.6 Å². The summed E-state index contributed by atoms with van der Waals surface area (Å²) in [5.41, 5.74) is -0.670. The second kappa shape index (κ2) is 12.4. The number of amides is 2. The molecule has 0 radical (unpaired) electrons. The van der Waals surface area contributed by atoms with E-state index in [4.69, 9.17) is 18.8 Å². The summed E-state index contributed by atoms with van der Waals surface area (Å²) in [6, 6.07) is -0.256. The fraction of sp³-hybridized carbons (Fsp3) is 0.786. The molecule has 1 atom stereocenters. The lowest BCUT2D eigenvalue weighted by molar-refractivity contribution is -0.136. The monoisotopic (exact) mass is 546 g/mol. The molecule has 3 heterocycles. The van der Waals surface area contributed by atoms with Gasteiger partial charge in [-0.3, -0.25) is 4.79 Å². The van der Waals surface area contributed by atoms with Crippen LogP contribution in [0.4, 0.5) is 4.79 Å². The van der Waals surface area contributed by atoms with Crippen molar-refractivity contribution < 1.29 is 28.4 Å². The highest BCUT2D eigenvalue weighted by Crippen LogP contribution is 2.36. The zero-order valence-corrected chi connectivity index (χ0v) is 25.2. The summed E-state index contributed by atoms with van der Waals surface area (Å²) in [6.07, 6.45) is 6.59. The van der Waals surface area contributed by atoms with E-state index in [0.717, 1.165) is 31.1 Å². The molecule has 0 spiro atoms.